The molecule has 0 saturated carbocycles. The highest BCUT2D eigenvalue weighted by Crippen LogP contribution is 2.28. The smallest absolute Gasteiger partial charge is 0.276 e. The van der Waals surface area contributed by atoms with E-state index in [1.165, 1.54) is 12.1 Å². The van der Waals surface area contributed by atoms with E-state index < -0.39 is 4.92 Å². The fourth-order valence-electron chi connectivity index (χ4n) is 1.97. The van der Waals surface area contributed by atoms with E-state index in [1.807, 2.05) is 31.0 Å². The van der Waals surface area contributed by atoms with Crippen LogP contribution >= 0.6 is 11.6 Å². The molecule has 0 saturated heterocycles. The van der Waals surface area contributed by atoms with Gasteiger partial charge in [0.2, 0.25) is 0 Å². The maximum Gasteiger partial charge on any atom is 0.276 e. The highest BCUT2D eigenvalue weighted by molar-refractivity contribution is 6.30. The number of benzene rings is 1. The van der Waals surface area contributed by atoms with Crippen molar-refractivity contribution in [3.8, 4) is 0 Å². The minimum absolute atomic E-state index is 0.0313. The Balaban J connectivity index is 2.32. The van der Waals surface area contributed by atoms with Gasteiger partial charge in [-0.3, -0.25) is 10.1 Å². The van der Waals surface area contributed by atoms with Crippen LogP contribution in [0.3, 0.4) is 0 Å². The summed E-state index contributed by atoms with van der Waals surface area (Å²) in [6.45, 7) is 1.97. The molecule has 0 aliphatic rings. The zero-order chi connectivity index (χ0) is 15.6. The van der Waals surface area contributed by atoms with Crippen molar-refractivity contribution in [2.24, 2.45) is 0 Å². The van der Waals surface area contributed by atoms with Gasteiger partial charge in [0.25, 0.3) is 5.69 Å². The standard InChI is InChI=1S/C14H15ClN4O2/c1-9(10-3-5-11(15)6-4-10)18(2)14-8-12(19(20)21)7-13(16)17-14/h3-9H,1-2H3,(H2,16,17). The van der Waals surface area contributed by atoms with E-state index in [4.69, 9.17) is 17.3 Å². The van der Waals surface area contributed by atoms with Crippen LogP contribution in [0.4, 0.5) is 17.3 Å². The van der Waals surface area contributed by atoms with Crippen molar-refractivity contribution >= 4 is 28.9 Å². The third-order valence-corrected chi connectivity index (χ3v) is 3.57. The molecule has 0 aliphatic carbocycles. The summed E-state index contributed by atoms with van der Waals surface area (Å²) in [5.74, 6) is 0.568. The van der Waals surface area contributed by atoms with Crippen molar-refractivity contribution in [1.82, 2.24) is 4.98 Å². The van der Waals surface area contributed by atoms with Crippen molar-refractivity contribution in [3.05, 3.63) is 57.1 Å². The first-order chi connectivity index (χ1) is 9.88. The first-order valence-corrected chi connectivity index (χ1v) is 6.66. The number of pyridine rings is 1. The summed E-state index contributed by atoms with van der Waals surface area (Å²) in [6.07, 6.45) is 0. The molecule has 1 aromatic heterocycles. The Labute approximate surface area is 127 Å². The number of nitrogens with zero attached hydrogens (tertiary/aromatic N) is 3. The maximum atomic E-state index is 10.9. The molecular formula is C14H15ClN4O2. The molecule has 110 valence electrons. The molecule has 2 aromatic rings. The predicted molar refractivity (Wildman–Crippen MR) is 83.6 cm³/mol. The van der Waals surface area contributed by atoms with E-state index in [2.05, 4.69) is 4.98 Å². The van der Waals surface area contributed by atoms with Gasteiger partial charge < -0.3 is 10.6 Å². The monoisotopic (exact) mass is 306 g/mol. The van der Waals surface area contributed by atoms with Gasteiger partial charge in [-0.15, -0.1) is 0 Å². The molecule has 0 fully saturated rings. The Morgan fingerprint density at radius 3 is 2.52 bits per heavy atom. The van der Waals surface area contributed by atoms with Crippen LogP contribution < -0.4 is 10.6 Å². The molecule has 1 aromatic carbocycles. The van der Waals surface area contributed by atoms with Gasteiger partial charge in [-0.2, -0.15) is 0 Å². The summed E-state index contributed by atoms with van der Waals surface area (Å²) in [4.78, 5) is 16.4. The van der Waals surface area contributed by atoms with Gasteiger partial charge >= 0.3 is 0 Å². The van der Waals surface area contributed by atoms with Crippen molar-refractivity contribution in [2.75, 3.05) is 17.7 Å². The number of anilines is 2. The molecule has 1 heterocycles. The number of hydrogen-bond acceptors (Lipinski definition) is 5. The van der Waals surface area contributed by atoms with Crippen LogP contribution in [0.15, 0.2) is 36.4 Å². The number of nitro groups is 1. The molecule has 0 aliphatic heterocycles. The van der Waals surface area contributed by atoms with Crippen LogP contribution in [-0.2, 0) is 0 Å². The first-order valence-electron chi connectivity index (χ1n) is 6.28. The normalized spacial score (nSPS) is 12.0. The van der Waals surface area contributed by atoms with Gasteiger partial charge in [0.1, 0.15) is 11.6 Å². The molecule has 0 amide bonds. The Bertz CT molecular complexity index is 661. The lowest BCUT2D eigenvalue weighted by Gasteiger charge is -2.26. The molecule has 1 unspecified atom stereocenters. The van der Waals surface area contributed by atoms with Gasteiger partial charge in [-0.25, -0.2) is 4.98 Å². The highest BCUT2D eigenvalue weighted by atomic mass is 35.5. The molecule has 0 radical (unpaired) electrons. The van der Waals surface area contributed by atoms with E-state index >= 15 is 0 Å². The Kier molecular flexibility index (Phi) is 4.28. The first kappa shape index (κ1) is 15.1. The SMILES string of the molecule is CC(c1ccc(Cl)cc1)N(C)c1cc([N+](=O)[O-])cc(N)n1. The largest absolute Gasteiger partial charge is 0.383 e. The Morgan fingerprint density at radius 1 is 1.33 bits per heavy atom. The summed E-state index contributed by atoms with van der Waals surface area (Å²) in [5.41, 5.74) is 6.58. The van der Waals surface area contributed by atoms with E-state index in [9.17, 15) is 10.1 Å². The maximum absolute atomic E-state index is 10.9. The molecule has 2 N–H and O–H groups in total. The van der Waals surface area contributed by atoms with E-state index in [0.717, 1.165) is 5.56 Å². The number of nitrogen functional groups attached to an aromatic ring is 1. The zero-order valence-corrected chi connectivity index (χ0v) is 12.4. The van der Waals surface area contributed by atoms with E-state index in [0.29, 0.717) is 10.8 Å². The second-order valence-corrected chi connectivity index (χ2v) is 5.14. The molecule has 21 heavy (non-hydrogen) atoms. The summed E-state index contributed by atoms with van der Waals surface area (Å²) >= 11 is 5.87. The molecule has 2 rings (SSSR count). The average molecular weight is 307 g/mol. The van der Waals surface area contributed by atoms with Crippen LogP contribution in [0.1, 0.15) is 18.5 Å². The average Bonchev–Trinajstić information content (AvgIpc) is 2.45. The fourth-order valence-corrected chi connectivity index (χ4v) is 2.10. The highest BCUT2D eigenvalue weighted by Gasteiger charge is 2.17. The van der Waals surface area contributed by atoms with Crippen molar-refractivity contribution in [2.45, 2.75) is 13.0 Å². The van der Waals surface area contributed by atoms with Crippen LogP contribution in [0.5, 0.6) is 0 Å². The summed E-state index contributed by atoms with van der Waals surface area (Å²) in [5, 5.41) is 11.6. The number of hydrogen-bond donors (Lipinski definition) is 1. The third-order valence-electron chi connectivity index (χ3n) is 3.32. The Hall–Kier alpha value is -2.34. The number of aromatic nitrogens is 1. The van der Waals surface area contributed by atoms with Gasteiger partial charge in [-0.1, -0.05) is 23.7 Å². The van der Waals surface area contributed by atoms with Gasteiger partial charge in [0.15, 0.2) is 0 Å². The lowest BCUT2D eigenvalue weighted by Crippen LogP contribution is -2.23. The lowest BCUT2D eigenvalue weighted by molar-refractivity contribution is -0.384. The molecule has 1 atom stereocenters. The summed E-state index contributed by atoms with van der Waals surface area (Å²) in [7, 11) is 1.81. The van der Waals surface area contributed by atoms with Gasteiger partial charge in [0, 0.05) is 12.1 Å². The second kappa shape index (κ2) is 5.97. The van der Waals surface area contributed by atoms with E-state index in [-0.39, 0.29) is 17.5 Å². The van der Waals surface area contributed by atoms with Crippen LogP contribution in [-0.4, -0.2) is 17.0 Å². The van der Waals surface area contributed by atoms with Crippen molar-refractivity contribution in [3.63, 3.8) is 0 Å². The summed E-state index contributed by atoms with van der Waals surface area (Å²) in [6, 6.07) is 10.0. The molecule has 6 nitrogen and oxygen atoms in total. The van der Waals surface area contributed by atoms with Crippen molar-refractivity contribution in [1.29, 1.82) is 0 Å². The fraction of sp³-hybridized carbons (Fsp3) is 0.214. The predicted octanol–water partition coefficient (Wildman–Crippen LogP) is 3.42. The Morgan fingerprint density at radius 2 is 1.95 bits per heavy atom. The van der Waals surface area contributed by atoms with Gasteiger partial charge in [-0.05, 0) is 24.6 Å². The van der Waals surface area contributed by atoms with E-state index in [1.54, 1.807) is 12.1 Å². The van der Waals surface area contributed by atoms with Crippen LogP contribution in [0.2, 0.25) is 5.02 Å². The topological polar surface area (TPSA) is 85.3 Å². The number of halogens is 1. The second-order valence-electron chi connectivity index (χ2n) is 4.70. The molecule has 7 heteroatoms. The van der Waals surface area contributed by atoms with Crippen molar-refractivity contribution < 1.29 is 4.92 Å². The zero-order valence-electron chi connectivity index (χ0n) is 11.7. The number of nitrogens with two attached hydrogens (primary N) is 1. The third kappa shape index (κ3) is 3.41. The summed E-state index contributed by atoms with van der Waals surface area (Å²) < 4.78 is 0. The molecular weight excluding hydrogens is 292 g/mol. The van der Waals surface area contributed by atoms with Gasteiger partial charge in [0.05, 0.1) is 23.1 Å². The molecule has 0 spiro atoms. The quantitative estimate of drug-likeness (QED) is 0.691. The lowest BCUT2D eigenvalue weighted by atomic mass is 10.1. The number of rotatable bonds is 4. The molecule has 0 bridgehead atoms. The van der Waals surface area contributed by atoms with Crippen LogP contribution in [0, 0.1) is 10.1 Å². The minimum atomic E-state index is -0.484. The minimum Gasteiger partial charge on any atom is -0.383 e. The van der Waals surface area contributed by atoms with Crippen LogP contribution in [0.25, 0.3) is 0 Å².